The molecule has 1 spiro atoms. The third kappa shape index (κ3) is 4.49. The van der Waals surface area contributed by atoms with Gasteiger partial charge in [0.25, 0.3) is 0 Å². The maximum Gasteiger partial charge on any atom is 0.344 e. The number of nitrogens with zero attached hydrogens (tertiary/aromatic N) is 6. The number of likely N-dealkylation sites (tertiary alicyclic amines) is 2. The summed E-state index contributed by atoms with van der Waals surface area (Å²) < 4.78 is 1.35. The maximum atomic E-state index is 12.8. The number of aromatic nitrogens is 2. The van der Waals surface area contributed by atoms with Crippen LogP contribution in [0.5, 0.6) is 0 Å². The molecule has 2 aromatic rings. The first kappa shape index (κ1) is 21.9. The predicted molar refractivity (Wildman–Crippen MR) is 129 cm³/mol. The second kappa shape index (κ2) is 8.82. The Labute approximate surface area is 195 Å². The average molecular weight is 451 g/mol. The van der Waals surface area contributed by atoms with Gasteiger partial charge in [-0.1, -0.05) is 12.1 Å². The first-order valence-corrected chi connectivity index (χ1v) is 12.1. The SMILES string of the molecule is CC(=O)N(C)c1cnn(C(=O)N2CC3(CCN(Cc4ccc(N5CCCC5)cc4)CC3)C2)c1. The molecule has 2 amide bonds. The van der Waals surface area contributed by atoms with Crippen molar-refractivity contribution >= 4 is 23.3 Å². The molecule has 3 aliphatic heterocycles. The van der Waals surface area contributed by atoms with Crippen molar-refractivity contribution in [3.63, 3.8) is 0 Å². The van der Waals surface area contributed by atoms with E-state index in [1.54, 1.807) is 19.4 Å². The van der Waals surface area contributed by atoms with E-state index in [2.05, 4.69) is 39.2 Å². The molecule has 1 aromatic heterocycles. The number of carbonyl (C=O) groups excluding carboxylic acids is 2. The first-order chi connectivity index (χ1) is 15.9. The summed E-state index contributed by atoms with van der Waals surface area (Å²) in [6.45, 7) is 8.60. The smallest absolute Gasteiger partial charge is 0.344 e. The molecule has 0 saturated carbocycles. The van der Waals surface area contributed by atoms with E-state index in [-0.39, 0.29) is 17.4 Å². The van der Waals surface area contributed by atoms with Crippen LogP contribution in [0.2, 0.25) is 0 Å². The Bertz CT molecular complexity index is 994. The highest BCUT2D eigenvalue weighted by Crippen LogP contribution is 2.41. The van der Waals surface area contributed by atoms with Crippen molar-refractivity contribution in [3.8, 4) is 0 Å². The Balaban J connectivity index is 1.09. The third-order valence-corrected chi connectivity index (χ3v) is 7.68. The van der Waals surface area contributed by atoms with Crippen molar-refractivity contribution in [3.05, 3.63) is 42.2 Å². The second-order valence-corrected chi connectivity index (χ2v) is 10.00. The molecular formula is C25H34N6O2. The zero-order valence-electron chi connectivity index (χ0n) is 19.7. The van der Waals surface area contributed by atoms with E-state index in [9.17, 15) is 9.59 Å². The van der Waals surface area contributed by atoms with Crippen LogP contribution in [0.3, 0.4) is 0 Å². The lowest BCUT2D eigenvalue weighted by molar-refractivity contribution is -0.116. The van der Waals surface area contributed by atoms with Crippen LogP contribution < -0.4 is 9.80 Å². The zero-order valence-corrected chi connectivity index (χ0v) is 19.7. The van der Waals surface area contributed by atoms with Crippen molar-refractivity contribution in [2.24, 2.45) is 5.41 Å². The average Bonchev–Trinajstić information content (AvgIpc) is 3.50. The molecule has 1 aromatic carbocycles. The van der Waals surface area contributed by atoms with Crippen molar-refractivity contribution in [2.45, 2.75) is 39.2 Å². The van der Waals surface area contributed by atoms with Crippen LogP contribution in [0, 0.1) is 5.41 Å². The molecule has 3 fully saturated rings. The van der Waals surface area contributed by atoms with Crippen LogP contribution in [0.25, 0.3) is 0 Å². The van der Waals surface area contributed by atoms with Crippen LogP contribution in [-0.2, 0) is 11.3 Å². The van der Waals surface area contributed by atoms with Gasteiger partial charge in [0.15, 0.2) is 0 Å². The monoisotopic (exact) mass is 450 g/mol. The third-order valence-electron chi connectivity index (χ3n) is 7.68. The summed E-state index contributed by atoms with van der Waals surface area (Å²) in [4.78, 5) is 32.7. The number of carbonyl (C=O) groups is 2. The van der Waals surface area contributed by atoms with Gasteiger partial charge in [0.2, 0.25) is 5.91 Å². The molecule has 5 rings (SSSR count). The number of rotatable bonds is 4. The fourth-order valence-corrected chi connectivity index (χ4v) is 5.36. The molecule has 8 nitrogen and oxygen atoms in total. The number of hydrogen-bond donors (Lipinski definition) is 0. The van der Waals surface area contributed by atoms with Gasteiger partial charge in [-0.2, -0.15) is 9.78 Å². The van der Waals surface area contributed by atoms with E-state index >= 15 is 0 Å². The molecule has 8 heteroatoms. The van der Waals surface area contributed by atoms with E-state index in [0.29, 0.717) is 5.69 Å². The quantitative estimate of drug-likeness (QED) is 0.717. The molecule has 3 aliphatic rings. The van der Waals surface area contributed by atoms with E-state index in [4.69, 9.17) is 0 Å². The maximum absolute atomic E-state index is 12.8. The molecular weight excluding hydrogens is 416 g/mol. The topological polar surface area (TPSA) is 64.9 Å². The minimum atomic E-state index is -0.107. The molecule has 0 bridgehead atoms. The Morgan fingerprint density at radius 3 is 2.33 bits per heavy atom. The summed E-state index contributed by atoms with van der Waals surface area (Å²) in [7, 11) is 1.68. The van der Waals surface area contributed by atoms with Gasteiger partial charge in [0, 0.05) is 57.8 Å². The molecule has 0 N–H and O–H groups in total. The van der Waals surface area contributed by atoms with E-state index in [0.717, 1.165) is 45.6 Å². The lowest BCUT2D eigenvalue weighted by Crippen LogP contribution is -2.62. The van der Waals surface area contributed by atoms with Crippen molar-refractivity contribution < 1.29 is 9.59 Å². The lowest BCUT2D eigenvalue weighted by Gasteiger charge is -2.53. The van der Waals surface area contributed by atoms with E-state index in [1.807, 2.05) is 4.90 Å². The molecule has 0 unspecified atom stereocenters. The zero-order chi connectivity index (χ0) is 23.0. The standard InChI is InChI=1S/C25H34N6O2/c1-20(32)27(2)23-15-26-31(17-23)24(33)30-18-25(19-30)9-13-28(14-10-25)16-21-5-7-22(8-6-21)29-11-3-4-12-29/h5-8,15,17H,3-4,9-14,16,18-19H2,1-2H3. The van der Waals surface area contributed by atoms with Crippen molar-refractivity contribution in [1.82, 2.24) is 19.6 Å². The largest absolute Gasteiger partial charge is 0.372 e. The number of anilines is 2. The van der Waals surface area contributed by atoms with Gasteiger partial charge in [-0.3, -0.25) is 9.69 Å². The molecule has 0 aliphatic carbocycles. The van der Waals surface area contributed by atoms with Gasteiger partial charge in [0.05, 0.1) is 18.1 Å². The minimum Gasteiger partial charge on any atom is -0.372 e. The van der Waals surface area contributed by atoms with Gasteiger partial charge in [-0.25, -0.2) is 4.79 Å². The number of benzene rings is 1. The highest BCUT2D eigenvalue weighted by Gasteiger charge is 2.47. The Kier molecular flexibility index (Phi) is 5.86. The Hall–Kier alpha value is -2.87. The summed E-state index contributed by atoms with van der Waals surface area (Å²) in [5, 5.41) is 4.17. The van der Waals surface area contributed by atoms with Crippen LogP contribution in [0.15, 0.2) is 36.7 Å². The molecule has 3 saturated heterocycles. The number of hydrogen-bond acceptors (Lipinski definition) is 5. The van der Waals surface area contributed by atoms with Gasteiger partial charge in [-0.15, -0.1) is 0 Å². The van der Waals surface area contributed by atoms with Gasteiger partial charge >= 0.3 is 6.03 Å². The van der Waals surface area contributed by atoms with Gasteiger partial charge < -0.3 is 14.7 Å². The summed E-state index contributed by atoms with van der Waals surface area (Å²) >= 11 is 0. The molecule has 4 heterocycles. The highest BCUT2D eigenvalue weighted by atomic mass is 16.2. The molecule has 33 heavy (non-hydrogen) atoms. The summed E-state index contributed by atoms with van der Waals surface area (Å²) in [5.41, 5.74) is 3.61. The minimum absolute atomic E-state index is 0.0841. The second-order valence-electron chi connectivity index (χ2n) is 10.00. The molecule has 176 valence electrons. The number of piperidine rings is 1. The van der Waals surface area contributed by atoms with E-state index < -0.39 is 0 Å². The van der Waals surface area contributed by atoms with Crippen molar-refractivity contribution in [1.29, 1.82) is 0 Å². The predicted octanol–water partition coefficient (Wildman–Crippen LogP) is 3.03. The Morgan fingerprint density at radius 2 is 1.70 bits per heavy atom. The van der Waals surface area contributed by atoms with Gasteiger partial charge in [-0.05, 0) is 56.5 Å². The first-order valence-electron chi connectivity index (χ1n) is 12.1. The van der Waals surface area contributed by atoms with Crippen molar-refractivity contribution in [2.75, 3.05) is 56.1 Å². The Morgan fingerprint density at radius 1 is 1.03 bits per heavy atom. The fraction of sp³-hybridized carbons (Fsp3) is 0.560. The van der Waals surface area contributed by atoms with Crippen LogP contribution in [0.1, 0.15) is 38.2 Å². The van der Waals surface area contributed by atoms with Gasteiger partial charge in [0.1, 0.15) is 0 Å². The van der Waals surface area contributed by atoms with Crippen LogP contribution in [0.4, 0.5) is 16.2 Å². The summed E-state index contributed by atoms with van der Waals surface area (Å²) in [6, 6.07) is 9.00. The lowest BCUT2D eigenvalue weighted by atomic mass is 9.72. The van der Waals surface area contributed by atoms with Crippen LogP contribution in [-0.4, -0.2) is 77.8 Å². The fourth-order valence-electron chi connectivity index (χ4n) is 5.36. The summed E-state index contributed by atoms with van der Waals surface area (Å²) in [6.07, 6.45) is 8.05. The van der Waals surface area contributed by atoms with E-state index in [1.165, 1.54) is 53.7 Å². The normalized spacial score (nSPS) is 20.2. The van der Waals surface area contributed by atoms with Crippen LogP contribution >= 0.6 is 0 Å². The molecule has 0 atom stereocenters. The number of amides is 2. The highest BCUT2D eigenvalue weighted by molar-refractivity contribution is 5.91. The molecule has 0 radical (unpaired) electrons. The summed E-state index contributed by atoms with van der Waals surface area (Å²) in [5.74, 6) is -0.0841.